The zero-order valence-corrected chi connectivity index (χ0v) is 19.0. The molecule has 4 rings (SSSR count). The number of nitrogens with one attached hydrogen (secondary N) is 1. The third kappa shape index (κ3) is 3.17. The minimum atomic E-state index is -2.60. The highest BCUT2D eigenvalue weighted by molar-refractivity contribution is 6.30. The molecule has 178 valence electrons. The van der Waals surface area contributed by atoms with Crippen LogP contribution in [-0.2, 0) is 23.9 Å². The summed E-state index contributed by atoms with van der Waals surface area (Å²) in [6, 6.07) is 10.5. The fraction of sp³-hybridized carbons (Fsp3) is 0.348. The van der Waals surface area contributed by atoms with Crippen molar-refractivity contribution >= 4 is 29.5 Å². The highest BCUT2D eigenvalue weighted by Crippen LogP contribution is 2.58. The van der Waals surface area contributed by atoms with E-state index in [9.17, 15) is 24.5 Å². The van der Waals surface area contributed by atoms with Crippen molar-refractivity contribution in [1.82, 2.24) is 5.32 Å². The van der Waals surface area contributed by atoms with Gasteiger partial charge in [0.15, 0.2) is 0 Å². The summed E-state index contributed by atoms with van der Waals surface area (Å²) in [6.07, 6.45) is 0. The molecule has 11 heteroatoms. The first-order valence-corrected chi connectivity index (χ1v) is 11.0. The Labute approximate surface area is 199 Å². The van der Waals surface area contributed by atoms with Crippen molar-refractivity contribution < 1.29 is 33.5 Å². The summed E-state index contributed by atoms with van der Waals surface area (Å²) >= 11 is 5.99. The van der Waals surface area contributed by atoms with E-state index in [4.69, 9.17) is 25.8 Å². The Morgan fingerprint density at radius 2 is 1.68 bits per heavy atom. The van der Waals surface area contributed by atoms with Crippen molar-refractivity contribution in [3.8, 4) is 5.75 Å². The van der Waals surface area contributed by atoms with Crippen molar-refractivity contribution in [1.29, 1.82) is 0 Å². The predicted molar refractivity (Wildman–Crippen MR) is 118 cm³/mol. The van der Waals surface area contributed by atoms with Crippen molar-refractivity contribution in [2.45, 2.75) is 36.9 Å². The number of nitrogens with zero attached hydrogens (tertiary/aromatic N) is 1. The number of benzene rings is 2. The largest absolute Gasteiger partial charge is 0.464 e. The number of halogens is 1. The number of carbonyl (C=O) groups excluding carboxylic acids is 3. The quantitative estimate of drug-likeness (QED) is 0.214. The predicted octanol–water partition coefficient (Wildman–Crippen LogP) is 2.57. The molecule has 0 bridgehead atoms. The Hall–Kier alpha value is -3.50. The standard InChI is InChI=1S/C23H21ClN2O8/c1-3-32-19(27)22(20(28)33-4-2)17-15-7-5-6-8-16(15)34-21(29)23(17,26(30)31)18(25-22)13-9-11-14(24)12-10-13/h5-12,17-18,25H,3-4H2,1-2H3/t17-,18+,23+/m1/s1. The lowest BCUT2D eigenvalue weighted by atomic mass is 9.67. The summed E-state index contributed by atoms with van der Waals surface area (Å²) in [7, 11) is 0. The molecule has 0 radical (unpaired) electrons. The maximum atomic E-state index is 13.5. The van der Waals surface area contributed by atoms with E-state index in [1.807, 2.05) is 0 Å². The Kier molecular flexibility index (Phi) is 6.05. The number of nitro groups is 1. The number of hydrogen-bond donors (Lipinski definition) is 1. The van der Waals surface area contributed by atoms with Gasteiger partial charge in [-0.25, -0.2) is 14.4 Å². The molecule has 0 amide bonds. The van der Waals surface area contributed by atoms with E-state index in [0.29, 0.717) is 5.02 Å². The van der Waals surface area contributed by atoms with Gasteiger partial charge in [-0.3, -0.25) is 15.4 Å². The highest BCUT2D eigenvalue weighted by Gasteiger charge is 2.83. The van der Waals surface area contributed by atoms with Gasteiger partial charge in [0.25, 0.3) is 0 Å². The first-order chi connectivity index (χ1) is 16.2. The zero-order valence-electron chi connectivity index (χ0n) is 18.3. The highest BCUT2D eigenvalue weighted by atomic mass is 35.5. The minimum Gasteiger partial charge on any atom is -0.464 e. The summed E-state index contributed by atoms with van der Waals surface area (Å²) < 4.78 is 15.9. The van der Waals surface area contributed by atoms with Gasteiger partial charge < -0.3 is 14.2 Å². The molecule has 2 aliphatic rings. The van der Waals surface area contributed by atoms with E-state index < -0.39 is 45.9 Å². The molecule has 3 atom stereocenters. The molecule has 0 saturated carbocycles. The molecule has 2 heterocycles. The van der Waals surface area contributed by atoms with Crippen LogP contribution in [0.1, 0.15) is 36.9 Å². The second-order valence-corrected chi connectivity index (χ2v) is 8.26. The van der Waals surface area contributed by atoms with E-state index in [0.717, 1.165) is 0 Å². The van der Waals surface area contributed by atoms with E-state index in [-0.39, 0.29) is 30.1 Å². The number of rotatable bonds is 6. The van der Waals surface area contributed by atoms with Gasteiger partial charge in [-0.2, -0.15) is 0 Å². The van der Waals surface area contributed by atoms with Gasteiger partial charge in [0.1, 0.15) is 17.7 Å². The molecule has 1 fully saturated rings. The van der Waals surface area contributed by atoms with Crippen LogP contribution >= 0.6 is 11.6 Å². The fourth-order valence-corrected chi connectivity index (χ4v) is 4.95. The third-order valence-electron chi connectivity index (χ3n) is 6.15. The Morgan fingerprint density at radius 1 is 1.09 bits per heavy atom. The van der Waals surface area contributed by atoms with Crippen LogP contribution in [0.2, 0.25) is 5.02 Å². The maximum absolute atomic E-state index is 13.5. The van der Waals surface area contributed by atoms with E-state index >= 15 is 0 Å². The first kappa shape index (κ1) is 23.7. The van der Waals surface area contributed by atoms with Gasteiger partial charge >= 0.3 is 23.4 Å². The van der Waals surface area contributed by atoms with E-state index in [2.05, 4.69) is 5.32 Å². The molecule has 2 aromatic carbocycles. The molecule has 0 aliphatic carbocycles. The monoisotopic (exact) mass is 488 g/mol. The van der Waals surface area contributed by atoms with Crippen LogP contribution in [0.25, 0.3) is 0 Å². The third-order valence-corrected chi connectivity index (χ3v) is 6.40. The summed E-state index contributed by atoms with van der Waals surface area (Å²) in [4.78, 5) is 52.4. The molecule has 0 unspecified atom stereocenters. The maximum Gasteiger partial charge on any atom is 0.393 e. The normalized spacial score (nSPS) is 24.4. The number of carbonyl (C=O) groups is 3. The topological polar surface area (TPSA) is 134 Å². The van der Waals surface area contributed by atoms with Crippen molar-refractivity contribution in [3.05, 3.63) is 74.8 Å². The Balaban J connectivity index is 2.10. The van der Waals surface area contributed by atoms with Gasteiger partial charge in [-0.15, -0.1) is 0 Å². The SMILES string of the molecule is CCOC(=O)C1(C(=O)OCC)N[C@@H](c2ccc(Cl)cc2)[C@]2([N+](=O)[O-])C(=O)Oc3ccccc3[C@H]12. The molecule has 2 aromatic rings. The molecule has 0 aromatic heterocycles. The lowest BCUT2D eigenvalue weighted by Gasteiger charge is -2.37. The fourth-order valence-electron chi connectivity index (χ4n) is 4.82. The number of para-hydroxylation sites is 1. The van der Waals surface area contributed by atoms with Gasteiger partial charge in [-0.05, 0) is 37.6 Å². The number of esters is 3. The molecule has 1 N–H and O–H groups in total. The average Bonchev–Trinajstić information content (AvgIpc) is 3.15. The van der Waals surface area contributed by atoms with E-state index in [1.54, 1.807) is 12.1 Å². The molecular formula is C23H21ClN2O8. The van der Waals surface area contributed by atoms with Gasteiger partial charge in [0, 0.05) is 15.5 Å². The molecule has 0 spiro atoms. The first-order valence-electron chi connectivity index (χ1n) is 10.6. The van der Waals surface area contributed by atoms with Crippen LogP contribution in [0.5, 0.6) is 5.75 Å². The average molecular weight is 489 g/mol. The Morgan fingerprint density at radius 3 is 2.24 bits per heavy atom. The zero-order chi connectivity index (χ0) is 24.7. The summed E-state index contributed by atoms with van der Waals surface area (Å²) in [5.41, 5.74) is -4.62. The van der Waals surface area contributed by atoms with Crippen LogP contribution in [0.4, 0.5) is 0 Å². The Bertz CT molecular complexity index is 1150. The van der Waals surface area contributed by atoms with Crippen molar-refractivity contribution in [2.75, 3.05) is 13.2 Å². The van der Waals surface area contributed by atoms with Crippen LogP contribution < -0.4 is 10.1 Å². The second-order valence-electron chi connectivity index (χ2n) is 7.82. The molecule has 1 saturated heterocycles. The minimum absolute atomic E-state index is 0.00602. The van der Waals surface area contributed by atoms with Crippen molar-refractivity contribution in [3.63, 3.8) is 0 Å². The van der Waals surface area contributed by atoms with Crippen molar-refractivity contribution in [2.24, 2.45) is 0 Å². The lowest BCUT2D eigenvalue weighted by Crippen LogP contribution is -2.63. The van der Waals surface area contributed by atoms with Crippen LogP contribution in [0.15, 0.2) is 48.5 Å². The lowest BCUT2D eigenvalue weighted by molar-refractivity contribution is -0.561. The second kappa shape index (κ2) is 8.69. The number of fused-ring (bicyclic) bond motifs is 3. The van der Waals surface area contributed by atoms with Gasteiger partial charge in [0.2, 0.25) is 5.54 Å². The van der Waals surface area contributed by atoms with Gasteiger partial charge in [0.05, 0.1) is 13.2 Å². The van der Waals surface area contributed by atoms with Crippen LogP contribution in [-0.4, -0.2) is 47.1 Å². The van der Waals surface area contributed by atoms with Crippen LogP contribution in [0.3, 0.4) is 0 Å². The summed E-state index contributed by atoms with van der Waals surface area (Å²) in [6.45, 7) is 2.84. The van der Waals surface area contributed by atoms with E-state index in [1.165, 1.54) is 50.2 Å². The summed E-state index contributed by atoms with van der Waals surface area (Å²) in [5.74, 6) is -5.03. The number of hydrogen-bond acceptors (Lipinski definition) is 9. The molecule has 34 heavy (non-hydrogen) atoms. The number of ether oxygens (including phenoxy) is 3. The molecular weight excluding hydrogens is 468 g/mol. The smallest absolute Gasteiger partial charge is 0.393 e. The summed E-state index contributed by atoms with van der Waals surface area (Å²) in [5, 5.41) is 16.0. The molecule has 10 nitrogen and oxygen atoms in total. The van der Waals surface area contributed by atoms with Gasteiger partial charge in [-0.1, -0.05) is 41.9 Å². The van der Waals surface area contributed by atoms with Crippen LogP contribution in [0, 0.1) is 10.1 Å². The molecule has 2 aliphatic heterocycles.